The number of ether oxygens (including phenoxy) is 1. The largest absolute Gasteiger partial charge is 0.492 e. The molecular formula is C36H30BrN3O5S. The van der Waals surface area contributed by atoms with Crippen molar-refractivity contribution < 1.29 is 23.5 Å². The van der Waals surface area contributed by atoms with Crippen LogP contribution in [0, 0.1) is 0 Å². The smallest absolute Gasteiger partial charge is 0.272 e. The van der Waals surface area contributed by atoms with Gasteiger partial charge < -0.3 is 25.1 Å². The highest BCUT2D eigenvalue weighted by molar-refractivity contribution is 9.10. The molecule has 0 spiro atoms. The first-order valence-corrected chi connectivity index (χ1v) is 16.2. The minimum absolute atomic E-state index is 0.00742. The van der Waals surface area contributed by atoms with Gasteiger partial charge in [-0.2, -0.15) is 0 Å². The SMILES string of the molecule is CCOc1ccccc1NC(=O)CSc1ccc(NC(=O)C(=Cc2ccc(-c3ccc(Br)cc3)o2)NC(=O)c2ccccc2)cc1. The number of hydrogen-bond donors (Lipinski definition) is 3. The fourth-order valence-electron chi connectivity index (χ4n) is 4.30. The number of hydrogen-bond acceptors (Lipinski definition) is 6. The normalized spacial score (nSPS) is 11.0. The van der Waals surface area contributed by atoms with Crippen molar-refractivity contribution in [2.45, 2.75) is 11.8 Å². The Hall–Kier alpha value is -5.06. The molecule has 10 heteroatoms. The molecule has 3 amide bonds. The second kappa shape index (κ2) is 15.8. The van der Waals surface area contributed by atoms with Gasteiger partial charge in [0.05, 0.1) is 18.0 Å². The third kappa shape index (κ3) is 8.99. The van der Waals surface area contributed by atoms with Crippen LogP contribution in [0.15, 0.2) is 135 Å². The molecule has 0 bridgehead atoms. The maximum Gasteiger partial charge on any atom is 0.272 e. The maximum atomic E-state index is 13.4. The van der Waals surface area contributed by atoms with Crippen LogP contribution in [0.4, 0.5) is 11.4 Å². The molecule has 46 heavy (non-hydrogen) atoms. The van der Waals surface area contributed by atoms with Crippen LogP contribution in [0.1, 0.15) is 23.0 Å². The molecule has 8 nitrogen and oxygen atoms in total. The Morgan fingerprint density at radius 2 is 1.54 bits per heavy atom. The summed E-state index contributed by atoms with van der Waals surface area (Å²) in [7, 11) is 0. The Kier molecular flexibility index (Phi) is 11.1. The monoisotopic (exact) mass is 695 g/mol. The summed E-state index contributed by atoms with van der Waals surface area (Å²) in [5, 5.41) is 8.44. The summed E-state index contributed by atoms with van der Waals surface area (Å²) in [6.45, 7) is 2.39. The number of halogens is 1. The van der Waals surface area contributed by atoms with Crippen LogP contribution in [0.5, 0.6) is 5.75 Å². The van der Waals surface area contributed by atoms with E-state index >= 15 is 0 Å². The molecule has 5 aromatic rings. The fourth-order valence-corrected chi connectivity index (χ4v) is 5.27. The molecule has 0 radical (unpaired) electrons. The lowest BCUT2D eigenvalue weighted by Gasteiger charge is -2.12. The van der Waals surface area contributed by atoms with Gasteiger partial charge in [-0.05, 0) is 79.7 Å². The van der Waals surface area contributed by atoms with Gasteiger partial charge in [0.1, 0.15) is 23.0 Å². The summed E-state index contributed by atoms with van der Waals surface area (Å²) < 4.78 is 12.5. The minimum Gasteiger partial charge on any atom is -0.492 e. The number of carbonyl (C=O) groups excluding carboxylic acids is 3. The number of benzene rings is 4. The molecule has 3 N–H and O–H groups in total. The number of furan rings is 1. The average molecular weight is 697 g/mol. The van der Waals surface area contributed by atoms with Gasteiger partial charge in [0.25, 0.3) is 11.8 Å². The third-order valence-electron chi connectivity index (χ3n) is 6.51. The molecule has 0 fully saturated rings. The van der Waals surface area contributed by atoms with Gasteiger partial charge in [0, 0.05) is 32.3 Å². The van der Waals surface area contributed by atoms with Crippen LogP contribution >= 0.6 is 27.7 Å². The Morgan fingerprint density at radius 1 is 0.826 bits per heavy atom. The molecule has 232 valence electrons. The zero-order chi connectivity index (χ0) is 32.3. The second-order valence-electron chi connectivity index (χ2n) is 9.83. The van der Waals surface area contributed by atoms with Crippen LogP contribution in [0.2, 0.25) is 0 Å². The zero-order valence-electron chi connectivity index (χ0n) is 24.8. The molecule has 0 saturated heterocycles. The molecule has 4 aromatic carbocycles. The fraction of sp³-hybridized carbons (Fsp3) is 0.0833. The first kappa shape index (κ1) is 32.3. The van der Waals surface area contributed by atoms with Gasteiger partial charge in [-0.25, -0.2) is 0 Å². The molecule has 0 aliphatic heterocycles. The Morgan fingerprint density at radius 3 is 2.28 bits per heavy atom. The summed E-state index contributed by atoms with van der Waals surface area (Å²) in [5.41, 5.74) is 2.42. The average Bonchev–Trinajstić information content (AvgIpc) is 3.54. The number of carbonyl (C=O) groups is 3. The highest BCUT2D eigenvalue weighted by Gasteiger charge is 2.17. The lowest BCUT2D eigenvalue weighted by molar-refractivity contribution is -0.114. The standard InChI is InChI=1S/C36H30BrN3O5S/c1-2-44-33-11-7-6-10-30(33)39-34(41)23-46-29-19-16-27(17-20-29)38-36(43)31(40-35(42)25-8-4-3-5-9-25)22-28-18-21-32(45-28)24-12-14-26(37)15-13-24/h3-22H,2,23H2,1H3,(H,38,43)(H,39,41)(H,40,42). The number of thioether (sulfide) groups is 1. The van der Waals surface area contributed by atoms with Crippen LogP contribution < -0.4 is 20.7 Å². The Labute approximate surface area is 279 Å². The number of nitrogens with one attached hydrogen (secondary N) is 3. The maximum absolute atomic E-state index is 13.4. The first-order chi connectivity index (χ1) is 22.4. The Balaban J connectivity index is 1.25. The van der Waals surface area contributed by atoms with Crippen LogP contribution in [0.3, 0.4) is 0 Å². The second-order valence-corrected chi connectivity index (χ2v) is 11.8. The van der Waals surface area contributed by atoms with Crippen molar-refractivity contribution in [1.82, 2.24) is 5.32 Å². The number of anilines is 2. The van der Waals surface area contributed by atoms with E-state index in [1.165, 1.54) is 17.8 Å². The number of amides is 3. The predicted molar refractivity (Wildman–Crippen MR) is 186 cm³/mol. The van der Waals surface area contributed by atoms with E-state index in [-0.39, 0.29) is 17.4 Å². The molecule has 0 atom stereocenters. The highest BCUT2D eigenvalue weighted by Crippen LogP contribution is 2.27. The van der Waals surface area contributed by atoms with Crippen LogP contribution in [0.25, 0.3) is 17.4 Å². The van der Waals surface area contributed by atoms with E-state index in [0.29, 0.717) is 40.8 Å². The summed E-state index contributed by atoms with van der Waals surface area (Å²) in [6, 6.07) is 34.2. The van der Waals surface area contributed by atoms with Gasteiger partial charge in [-0.1, -0.05) is 58.4 Å². The molecule has 0 aliphatic rings. The van der Waals surface area contributed by atoms with Crippen molar-refractivity contribution in [3.63, 3.8) is 0 Å². The molecule has 1 aromatic heterocycles. The molecule has 0 aliphatic carbocycles. The van der Waals surface area contributed by atoms with E-state index < -0.39 is 11.8 Å². The van der Waals surface area contributed by atoms with Crippen LogP contribution in [-0.2, 0) is 9.59 Å². The minimum atomic E-state index is -0.529. The Bertz CT molecular complexity index is 1840. The van der Waals surface area contributed by atoms with E-state index in [9.17, 15) is 14.4 Å². The summed E-state index contributed by atoms with van der Waals surface area (Å²) in [4.78, 5) is 39.8. The highest BCUT2D eigenvalue weighted by atomic mass is 79.9. The van der Waals surface area contributed by atoms with E-state index in [1.807, 2.05) is 67.6 Å². The lowest BCUT2D eigenvalue weighted by atomic mass is 10.2. The van der Waals surface area contributed by atoms with Gasteiger partial charge in [-0.3, -0.25) is 14.4 Å². The number of rotatable bonds is 12. The van der Waals surface area contributed by atoms with Gasteiger partial charge in [0.15, 0.2) is 0 Å². The van der Waals surface area contributed by atoms with Crippen molar-refractivity contribution in [1.29, 1.82) is 0 Å². The molecule has 0 saturated carbocycles. The summed E-state index contributed by atoms with van der Waals surface area (Å²) in [6.07, 6.45) is 1.49. The first-order valence-electron chi connectivity index (χ1n) is 14.4. The summed E-state index contributed by atoms with van der Waals surface area (Å²) >= 11 is 4.79. The molecule has 1 heterocycles. The van der Waals surface area contributed by atoms with Crippen molar-refractivity contribution >= 4 is 62.9 Å². The van der Waals surface area contributed by atoms with Gasteiger partial charge in [0.2, 0.25) is 5.91 Å². The van der Waals surface area contributed by atoms with Gasteiger partial charge >= 0.3 is 0 Å². The van der Waals surface area contributed by atoms with Crippen molar-refractivity contribution in [3.8, 4) is 17.1 Å². The van der Waals surface area contributed by atoms with Crippen molar-refractivity contribution in [3.05, 3.63) is 137 Å². The zero-order valence-corrected chi connectivity index (χ0v) is 27.2. The number of para-hydroxylation sites is 2. The topological polar surface area (TPSA) is 110 Å². The molecular weight excluding hydrogens is 666 g/mol. The summed E-state index contributed by atoms with van der Waals surface area (Å²) in [5.74, 6) is 0.692. The van der Waals surface area contributed by atoms with Crippen molar-refractivity contribution in [2.24, 2.45) is 0 Å². The lowest BCUT2D eigenvalue weighted by Crippen LogP contribution is -2.30. The predicted octanol–water partition coefficient (Wildman–Crippen LogP) is 8.25. The van der Waals surface area contributed by atoms with E-state index in [4.69, 9.17) is 9.15 Å². The van der Waals surface area contributed by atoms with E-state index in [0.717, 1.165) is 14.9 Å². The van der Waals surface area contributed by atoms with Crippen molar-refractivity contribution in [2.75, 3.05) is 23.0 Å². The quantitative estimate of drug-likeness (QED) is 0.0896. The molecule has 0 unspecified atom stereocenters. The van der Waals surface area contributed by atoms with E-state index in [1.54, 1.807) is 54.6 Å². The third-order valence-corrected chi connectivity index (χ3v) is 8.05. The molecule has 5 rings (SSSR count). The van der Waals surface area contributed by atoms with Gasteiger partial charge in [-0.15, -0.1) is 11.8 Å². The van der Waals surface area contributed by atoms with Crippen LogP contribution in [-0.4, -0.2) is 30.1 Å². The van der Waals surface area contributed by atoms with E-state index in [2.05, 4.69) is 31.9 Å².